The maximum Gasteiger partial charge on any atom is 0.0762 e. The van der Waals surface area contributed by atoms with E-state index in [0.717, 1.165) is 30.1 Å². The van der Waals surface area contributed by atoms with Gasteiger partial charge < -0.3 is 5.32 Å². The van der Waals surface area contributed by atoms with Gasteiger partial charge in [0.05, 0.1) is 16.8 Å². The average molecular weight is 303 g/mol. The summed E-state index contributed by atoms with van der Waals surface area (Å²) in [6.07, 6.45) is 3.81. The van der Waals surface area contributed by atoms with Crippen LogP contribution in [0.5, 0.6) is 0 Å². The summed E-state index contributed by atoms with van der Waals surface area (Å²) in [7, 11) is 0. The van der Waals surface area contributed by atoms with Crippen molar-refractivity contribution >= 4 is 11.6 Å². The van der Waals surface area contributed by atoms with Crippen LogP contribution in [0.2, 0.25) is 5.02 Å². The first-order valence-electron chi connectivity index (χ1n) is 7.52. The van der Waals surface area contributed by atoms with Crippen molar-refractivity contribution in [3.8, 4) is 0 Å². The first-order valence-corrected chi connectivity index (χ1v) is 7.90. The molecule has 0 radical (unpaired) electrons. The fourth-order valence-electron chi connectivity index (χ4n) is 2.61. The molecule has 0 bridgehead atoms. The maximum absolute atomic E-state index is 6.34. The van der Waals surface area contributed by atoms with E-state index in [2.05, 4.69) is 49.3 Å². The number of benzene rings is 1. The van der Waals surface area contributed by atoms with Crippen LogP contribution in [0.3, 0.4) is 0 Å². The molecule has 0 saturated heterocycles. The topological polar surface area (TPSA) is 24.9 Å². The van der Waals surface area contributed by atoms with Gasteiger partial charge in [0.25, 0.3) is 0 Å². The van der Waals surface area contributed by atoms with Crippen LogP contribution < -0.4 is 5.32 Å². The highest BCUT2D eigenvalue weighted by atomic mass is 35.5. The summed E-state index contributed by atoms with van der Waals surface area (Å²) >= 11 is 6.34. The molecule has 0 spiro atoms. The van der Waals surface area contributed by atoms with Crippen LogP contribution in [0.25, 0.3) is 0 Å². The van der Waals surface area contributed by atoms with Crippen molar-refractivity contribution < 1.29 is 0 Å². The molecule has 0 aliphatic rings. The average Bonchev–Trinajstić information content (AvgIpc) is 2.47. The van der Waals surface area contributed by atoms with E-state index in [1.807, 2.05) is 18.3 Å². The van der Waals surface area contributed by atoms with Gasteiger partial charge in [-0.2, -0.15) is 0 Å². The second kappa shape index (κ2) is 7.58. The molecule has 1 N–H and O–H groups in total. The minimum atomic E-state index is 0.151. The predicted molar refractivity (Wildman–Crippen MR) is 89.9 cm³/mol. The Morgan fingerprint density at radius 3 is 2.48 bits per heavy atom. The lowest BCUT2D eigenvalue weighted by molar-refractivity contribution is 0.516. The van der Waals surface area contributed by atoms with Gasteiger partial charge in [-0.25, -0.2) is 0 Å². The molecule has 1 heterocycles. The highest BCUT2D eigenvalue weighted by molar-refractivity contribution is 6.31. The van der Waals surface area contributed by atoms with Crippen LogP contribution >= 0.6 is 11.6 Å². The Kier molecular flexibility index (Phi) is 5.77. The standard InChI is InChI=1S/C18H23ClN2/c1-4-10-20-17(18-16(19)9-6-11-21-18)12-15-13(2)7-5-8-14(15)3/h5-9,11,17,20H,4,10,12H2,1-3H3. The van der Waals surface area contributed by atoms with Crippen molar-refractivity contribution in [1.29, 1.82) is 0 Å². The highest BCUT2D eigenvalue weighted by Crippen LogP contribution is 2.26. The molecule has 3 heteroatoms. The van der Waals surface area contributed by atoms with Crippen molar-refractivity contribution in [2.75, 3.05) is 6.54 Å². The molecule has 0 aliphatic carbocycles. The molecule has 2 rings (SSSR count). The van der Waals surface area contributed by atoms with E-state index in [0.29, 0.717) is 0 Å². The van der Waals surface area contributed by atoms with Crippen molar-refractivity contribution in [2.24, 2.45) is 0 Å². The van der Waals surface area contributed by atoms with Gasteiger partial charge in [-0.15, -0.1) is 0 Å². The molecule has 2 nitrogen and oxygen atoms in total. The van der Waals surface area contributed by atoms with E-state index in [4.69, 9.17) is 11.6 Å². The summed E-state index contributed by atoms with van der Waals surface area (Å²) in [5.41, 5.74) is 4.97. The minimum absolute atomic E-state index is 0.151. The Balaban J connectivity index is 2.31. The van der Waals surface area contributed by atoms with Gasteiger partial charge in [-0.3, -0.25) is 4.98 Å². The second-order valence-electron chi connectivity index (χ2n) is 5.45. The molecule has 0 saturated carbocycles. The van der Waals surface area contributed by atoms with Crippen LogP contribution in [-0.2, 0) is 6.42 Å². The predicted octanol–water partition coefficient (Wildman–Crippen LogP) is 4.64. The van der Waals surface area contributed by atoms with Gasteiger partial charge in [0.2, 0.25) is 0 Å². The quantitative estimate of drug-likeness (QED) is 0.841. The van der Waals surface area contributed by atoms with E-state index < -0.39 is 0 Å². The monoisotopic (exact) mass is 302 g/mol. The van der Waals surface area contributed by atoms with E-state index in [9.17, 15) is 0 Å². The van der Waals surface area contributed by atoms with Crippen LogP contribution in [0.4, 0.5) is 0 Å². The third-order valence-electron chi connectivity index (χ3n) is 3.81. The molecule has 1 aromatic heterocycles. The van der Waals surface area contributed by atoms with Crippen molar-refractivity contribution in [3.63, 3.8) is 0 Å². The lowest BCUT2D eigenvalue weighted by Gasteiger charge is -2.21. The van der Waals surface area contributed by atoms with Crippen LogP contribution in [0.1, 0.15) is 41.8 Å². The number of hydrogen-bond acceptors (Lipinski definition) is 2. The highest BCUT2D eigenvalue weighted by Gasteiger charge is 2.17. The molecule has 2 aromatic rings. The Labute approximate surface area is 132 Å². The Hall–Kier alpha value is -1.38. The largest absolute Gasteiger partial charge is 0.308 e. The van der Waals surface area contributed by atoms with E-state index in [1.54, 1.807) is 0 Å². The van der Waals surface area contributed by atoms with Crippen molar-refractivity contribution in [3.05, 3.63) is 63.9 Å². The lowest BCUT2D eigenvalue weighted by Crippen LogP contribution is -2.25. The number of nitrogens with zero attached hydrogens (tertiary/aromatic N) is 1. The van der Waals surface area contributed by atoms with Crippen LogP contribution in [0.15, 0.2) is 36.5 Å². The minimum Gasteiger partial charge on any atom is -0.308 e. The fourth-order valence-corrected chi connectivity index (χ4v) is 2.87. The molecule has 0 fully saturated rings. The molecular formula is C18H23ClN2. The summed E-state index contributed by atoms with van der Waals surface area (Å²) in [6, 6.07) is 10.4. The number of hydrogen-bond donors (Lipinski definition) is 1. The van der Waals surface area contributed by atoms with Crippen molar-refractivity contribution in [1.82, 2.24) is 10.3 Å². The Morgan fingerprint density at radius 1 is 1.14 bits per heavy atom. The number of aryl methyl sites for hydroxylation is 2. The molecule has 0 amide bonds. The van der Waals surface area contributed by atoms with Crippen LogP contribution in [-0.4, -0.2) is 11.5 Å². The number of pyridine rings is 1. The number of nitrogens with one attached hydrogen (secondary N) is 1. The van der Waals surface area contributed by atoms with Crippen LogP contribution in [0, 0.1) is 13.8 Å². The molecule has 0 aliphatic heterocycles. The molecule has 1 unspecified atom stereocenters. The maximum atomic E-state index is 6.34. The molecule has 1 aromatic carbocycles. The third-order valence-corrected chi connectivity index (χ3v) is 4.13. The summed E-state index contributed by atoms with van der Waals surface area (Å²) in [6.45, 7) is 7.46. The van der Waals surface area contributed by atoms with Gasteiger partial charge in [-0.05, 0) is 62.1 Å². The summed E-state index contributed by atoms with van der Waals surface area (Å²) < 4.78 is 0. The third kappa shape index (κ3) is 4.05. The van der Waals surface area contributed by atoms with Gasteiger partial charge in [0, 0.05) is 6.20 Å². The molecule has 1 atom stereocenters. The normalized spacial score (nSPS) is 12.4. The first kappa shape index (κ1) is 16.0. The Bertz CT molecular complexity index is 575. The first-order chi connectivity index (χ1) is 10.1. The van der Waals surface area contributed by atoms with E-state index in [1.165, 1.54) is 16.7 Å². The fraction of sp³-hybridized carbons (Fsp3) is 0.389. The summed E-state index contributed by atoms with van der Waals surface area (Å²) in [5.74, 6) is 0. The smallest absolute Gasteiger partial charge is 0.0762 e. The van der Waals surface area contributed by atoms with Crippen molar-refractivity contribution in [2.45, 2.75) is 39.7 Å². The molecular weight excluding hydrogens is 280 g/mol. The van der Waals surface area contributed by atoms with Gasteiger partial charge >= 0.3 is 0 Å². The zero-order chi connectivity index (χ0) is 15.2. The Morgan fingerprint density at radius 2 is 1.86 bits per heavy atom. The summed E-state index contributed by atoms with van der Waals surface area (Å²) in [4.78, 5) is 4.49. The number of rotatable bonds is 6. The molecule has 21 heavy (non-hydrogen) atoms. The second-order valence-corrected chi connectivity index (χ2v) is 5.86. The zero-order valence-corrected chi connectivity index (χ0v) is 13.7. The van der Waals surface area contributed by atoms with Gasteiger partial charge in [0.1, 0.15) is 0 Å². The van der Waals surface area contributed by atoms with Gasteiger partial charge in [0.15, 0.2) is 0 Å². The lowest BCUT2D eigenvalue weighted by atomic mass is 9.94. The van der Waals surface area contributed by atoms with E-state index >= 15 is 0 Å². The number of aromatic nitrogens is 1. The molecule has 112 valence electrons. The van der Waals surface area contributed by atoms with E-state index in [-0.39, 0.29) is 6.04 Å². The van der Waals surface area contributed by atoms with Gasteiger partial charge in [-0.1, -0.05) is 36.7 Å². The zero-order valence-electron chi connectivity index (χ0n) is 13.0. The number of halogens is 1. The summed E-state index contributed by atoms with van der Waals surface area (Å²) in [5, 5.41) is 4.32. The SMILES string of the molecule is CCCNC(Cc1c(C)cccc1C)c1ncccc1Cl.